The van der Waals surface area contributed by atoms with E-state index in [2.05, 4.69) is 16.4 Å². The minimum atomic E-state index is -0.527. The minimum absolute atomic E-state index is 0.0213. The molecule has 1 heterocycles. The molecule has 3 N–H and O–H groups in total. The lowest BCUT2D eigenvalue weighted by molar-refractivity contribution is 0.0515. The number of anilines is 2. The summed E-state index contributed by atoms with van der Waals surface area (Å²) in [4.78, 5) is 18.1. The van der Waals surface area contributed by atoms with Gasteiger partial charge in [-0.3, -0.25) is 4.79 Å². The van der Waals surface area contributed by atoms with Crippen LogP contribution in [0.4, 0.5) is 11.5 Å². The van der Waals surface area contributed by atoms with Crippen molar-refractivity contribution in [3.05, 3.63) is 82.9 Å². The summed E-state index contributed by atoms with van der Waals surface area (Å²) in [6, 6.07) is 20.9. The van der Waals surface area contributed by atoms with Crippen molar-refractivity contribution in [1.82, 2.24) is 4.98 Å². The zero-order valence-corrected chi connectivity index (χ0v) is 22.2. The second kappa shape index (κ2) is 12.2. The Balaban J connectivity index is 1.90. The number of halogens is 1. The summed E-state index contributed by atoms with van der Waals surface area (Å²) in [6.07, 6.45) is 0. The molecule has 0 aliphatic heterocycles. The van der Waals surface area contributed by atoms with Crippen LogP contribution in [0.25, 0.3) is 22.4 Å². The van der Waals surface area contributed by atoms with E-state index in [4.69, 9.17) is 36.3 Å². The molecule has 0 radical (unpaired) electrons. The first kappa shape index (κ1) is 27.3. The number of methoxy groups -OCH3 is 3. The third-order valence-electron chi connectivity index (χ3n) is 5.77. The van der Waals surface area contributed by atoms with Crippen molar-refractivity contribution < 1.29 is 23.7 Å². The largest absolute Gasteiger partial charge is 0.497 e. The van der Waals surface area contributed by atoms with Crippen LogP contribution in [-0.2, 0) is 4.74 Å². The highest BCUT2D eigenvalue weighted by Gasteiger charge is 2.21. The van der Waals surface area contributed by atoms with Crippen LogP contribution in [-0.4, -0.2) is 39.0 Å². The van der Waals surface area contributed by atoms with Gasteiger partial charge in [-0.2, -0.15) is 5.26 Å². The van der Waals surface area contributed by atoms with Crippen LogP contribution >= 0.6 is 11.6 Å². The van der Waals surface area contributed by atoms with E-state index in [-0.39, 0.29) is 23.7 Å². The first-order valence-corrected chi connectivity index (χ1v) is 12.0. The summed E-state index contributed by atoms with van der Waals surface area (Å²) in [5, 5.41) is 13.4. The van der Waals surface area contributed by atoms with Gasteiger partial charge in [0.1, 0.15) is 28.9 Å². The Morgan fingerprint density at radius 2 is 1.82 bits per heavy atom. The Morgan fingerprint density at radius 3 is 2.51 bits per heavy atom. The predicted octanol–water partition coefficient (Wildman–Crippen LogP) is 5.78. The van der Waals surface area contributed by atoms with E-state index < -0.39 is 5.91 Å². The fourth-order valence-corrected chi connectivity index (χ4v) is 4.09. The molecule has 10 heteroatoms. The molecule has 9 nitrogen and oxygen atoms in total. The number of benzene rings is 3. The Labute approximate surface area is 230 Å². The molecule has 1 amide bonds. The molecule has 0 bridgehead atoms. The van der Waals surface area contributed by atoms with E-state index in [0.29, 0.717) is 50.3 Å². The molecule has 198 valence electrons. The maximum absolute atomic E-state index is 13.4. The molecule has 4 aromatic rings. The molecule has 39 heavy (non-hydrogen) atoms. The highest BCUT2D eigenvalue weighted by atomic mass is 35.5. The van der Waals surface area contributed by atoms with Crippen LogP contribution in [0.1, 0.15) is 15.9 Å². The number of pyridine rings is 1. The Hall–Kier alpha value is -4.78. The fourth-order valence-electron chi connectivity index (χ4n) is 3.93. The molecule has 0 atom stereocenters. The van der Waals surface area contributed by atoms with Crippen LogP contribution in [0.3, 0.4) is 0 Å². The van der Waals surface area contributed by atoms with Crippen molar-refractivity contribution in [2.75, 3.05) is 39.2 Å². The predicted molar refractivity (Wildman–Crippen MR) is 149 cm³/mol. The second-order valence-corrected chi connectivity index (χ2v) is 8.66. The third-order valence-corrected chi connectivity index (χ3v) is 6.00. The van der Waals surface area contributed by atoms with Crippen molar-refractivity contribution in [2.45, 2.75) is 0 Å². The number of nitrogens with one attached hydrogen (secondary N) is 1. The lowest BCUT2D eigenvalue weighted by Gasteiger charge is -2.17. The number of carbonyl (C=O) groups excluding carboxylic acids is 1. The number of nitrogens with two attached hydrogens (primary N) is 1. The van der Waals surface area contributed by atoms with Crippen molar-refractivity contribution in [1.29, 1.82) is 5.26 Å². The van der Waals surface area contributed by atoms with Gasteiger partial charge in [0.05, 0.1) is 25.5 Å². The van der Waals surface area contributed by atoms with Gasteiger partial charge >= 0.3 is 0 Å². The van der Waals surface area contributed by atoms with E-state index in [0.717, 1.165) is 0 Å². The Bertz CT molecular complexity index is 1570. The summed E-state index contributed by atoms with van der Waals surface area (Å²) in [7, 11) is 4.47. The van der Waals surface area contributed by atoms with Gasteiger partial charge in [0.2, 0.25) is 0 Å². The van der Waals surface area contributed by atoms with Gasteiger partial charge in [-0.1, -0.05) is 23.7 Å². The van der Waals surface area contributed by atoms with Gasteiger partial charge in [0.15, 0.2) is 12.6 Å². The number of hydrogen-bond acceptors (Lipinski definition) is 8. The van der Waals surface area contributed by atoms with Gasteiger partial charge < -0.3 is 30.0 Å². The molecular weight excluding hydrogens is 520 g/mol. The minimum Gasteiger partial charge on any atom is -0.497 e. The number of rotatable bonds is 9. The molecule has 1 aromatic heterocycles. The van der Waals surface area contributed by atoms with Crippen LogP contribution in [0.2, 0.25) is 5.02 Å². The maximum Gasteiger partial charge on any atom is 0.260 e. The highest BCUT2D eigenvalue weighted by Crippen LogP contribution is 2.38. The summed E-state index contributed by atoms with van der Waals surface area (Å²) < 4.78 is 21.4. The molecule has 0 spiro atoms. The van der Waals surface area contributed by atoms with Crippen molar-refractivity contribution in [2.24, 2.45) is 0 Å². The van der Waals surface area contributed by atoms with Crippen molar-refractivity contribution in [3.8, 4) is 45.7 Å². The first-order valence-electron chi connectivity index (χ1n) is 11.6. The summed E-state index contributed by atoms with van der Waals surface area (Å²) in [5.41, 5.74) is 9.11. The van der Waals surface area contributed by atoms with Gasteiger partial charge in [0.25, 0.3) is 5.91 Å². The van der Waals surface area contributed by atoms with E-state index in [1.165, 1.54) is 21.3 Å². The lowest BCUT2D eigenvalue weighted by Crippen LogP contribution is -2.16. The van der Waals surface area contributed by atoms with E-state index >= 15 is 0 Å². The molecule has 3 aromatic carbocycles. The van der Waals surface area contributed by atoms with Gasteiger partial charge in [-0.05, 0) is 54.1 Å². The molecule has 0 aliphatic rings. The molecule has 0 aliphatic carbocycles. The van der Waals surface area contributed by atoms with Crippen LogP contribution in [0, 0.1) is 11.3 Å². The van der Waals surface area contributed by atoms with Crippen molar-refractivity contribution in [3.63, 3.8) is 0 Å². The fraction of sp³-hybridized carbons (Fsp3) is 0.138. The second-order valence-electron chi connectivity index (χ2n) is 8.23. The number of nitrogens with zero attached hydrogens (tertiary/aromatic N) is 2. The van der Waals surface area contributed by atoms with Gasteiger partial charge in [-0.25, -0.2) is 4.98 Å². The van der Waals surface area contributed by atoms with E-state index in [1.807, 2.05) is 6.07 Å². The molecular formula is C29H25ClN4O5. The molecule has 0 saturated carbocycles. The summed E-state index contributed by atoms with van der Waals surface area (Å²) in [6.45, 7) is -0.0213. The Kier molecular flexibility index (Phi) is 8.51. The van der Waals surface area contributed by atoms with Crippen LogP contribution in [0.15, 0.2) is 66.7 Å². The normalized spacial score (nSPS) is 10.4. The molecule has 0 unspecified atom stereocenters. The summed E-state index contributed by atoms with van der Waals surface area (Å²) >= 11 is 6.22. The van der Waals surface area contributed by atoms with Gasteiger partial charge in [0, 0.05) is 35.0 Å². The molecule has 0 fully saturated rings. The lowest BCUT2D eigenvalue weighted by atomic mass is 9.97. The quantitative estimate of drug-likeness (QED) is 0.200. The van der Waals surface area contributed by atoms with Crippen LogP contribution in [0.5, 0.6) is 17.2 Å². The average Bonchev–Trinajstić information content (AvgIpc) is 2.95. The number of ether oxygens (including phenoxy) is 4. The average molecular weight is 545 g/mol. The van der Waals surface area contributed by atoms with E-state index in [1.54, 1.807) is 60.7 Å². The molecule has 4 rings (SSSR count). The standard InChI is InChI=1S/C29H25ClN4O5/c1-36-16-39-27-12-18(30)7-9-21(27)25-14-23(17-5-4-6-19(32)11-17)24(15-31)28(33-25)34-29(35)22-10-8-20(37-2)13-26(22)38-3/h4-14H,16,32H2,1-3H3,(H,33,34,35). The smallest absolute Gasteiger partial charge is 0.260 e. The number of hydrogen-bond donors (Lipinski definition) is 2. The van der Waals surface area contributed by atoms with Gasteiger partial charge in [-0.15, -0.1) is 0 Å². The third kappa shape index (κ3) is 6.04. The number of aromatic nitrogens is 1. The number of nitriles is 1. The zero-order valence-electron chi connectivity index (χ0n) is 21.4. The number of carbonyl (C=O) groups is 1. The number of nitrogen functional groups attached to an aromatic ring is 1. The molecule has 0 saturated heterocycles. The van der Waals surface area contributed by atoms with E-state index in [9.17, 15) is 10.1 Å². The SMILES string of the molecule is COCOc1cc(Cl)ccc1-c1cc(-c2cccc(N)c2)c(C#N)c(NC(=O)c2ccc(OC)cc2OC)n1. The highest BCUT2D eigenvalue weighted by molar-refractivity contribution is 6.30. The maximum atomic E-state index is 13.4. The monoisotopic (exact) mass is 544 g/mol. The zero-order chi connectivity index (χ0) is 27.9. The number of amides is 1. The van der Waals surface area contributed by atoms with Crippen LogP contribution < -0.4 is 25.3 Å². The Morgan fingerprint density at radius 1 is 1.00 bits per heavy atom. The summed E-state index contributed by atoms with van der Waals surface area (Å²) in [5.74, 6) is 0.750. The first-order chi connectivity index (χ1) is 18.9. The van der Waals surface area contributed by atoms with Crippen molar-refractivity contribution >= 4 is 29.0 Å². The topological polar surface area (TPSA) is 129 Å².